The van der Waals surface area contributed by atoms with Crippen molar-refractivity contribution in [3.63, 3.8) is 0 Å². The molecule has 0 unspecified atom stereocenters. The molecule has 0 radical (unpaired) electrons. The molecule has 0 amide bonds. The number of benzene rings is 10. The van der Waals surface area contributed by atoms with E-state index in [1.807, 2.05) is 23.5 Å². The number of furan rings is 1. The average Bonchev–Trinajstić information content (AvgIpc) is 4.02. The summed E-state index contributed by atoms with van der Waals surface area (Å²) < 4.78 is 11.5. The van der Waals surface area contributed by atoms with Crippen molar-refractivity contribution in [3.8, 4) is 27.9 Å². The molecule has 0 saturated carbocycles. The lowest BCUT2D eigenvalue weighted by Gasteiger charge is -2.26. The van der Waals surface area contributed by atoms with Crippen molar-refractivity contribution in [1.82, 2.24) is 4.57 Å². The lowest BCUT2D eigenvalue weighted by atomic mass is 10.0. The molecule has 0 aliphatic rings. The number of thiophene rings is 1. The fraction of sp³-hybridized carbons (Fsp3) is 0. The zero-order chi connectivity index (χ0) is 40.7. The maximum atomic E-state index is 6.44. The molecule has 0 spiro atoms. The monoisotopic (exact) mass is 808 g/mol. The molecule has 3 aromatic heterocycles. The summed E-state index contributed by atoms with van der Waals surface area (Å²) in [7, 11) is 0. The largest absolute Gasteiger partial charge is 0.455 e. The fourth-order valence-corrected chi connectivity index (χ4v) is 10.8. The Hall–Kier alpha value is -7.92. The maximum absolute atomic E-state index is 6.44. The van der Waals surface area contributed by atoms with E-state index in [0.717, 1.165) is 55.8 Å². The highest BCUT2D eigenvalue weighted by Crippen LogP contribution is 2.43. The highest BCUT2D eigenvalue weighted by atomic mass is 32.1. The van der Waals surface area contributed by atoms with Crippen LogP contribution in [-0.4, -0.2) is 4.57 Å². The lowest BCUT2D eigenvalue weighted by Crippen LogP contribution is -2.09. The number of hydrogen-bond donors (Lipinski definition) is 0. The van der Waals surface area contributed by atoms with Gasteiger partial charge in [0.1, 0.15) is 11.2 Å². The van der Waals surface area contributed by atoms with Crippen molar-refractivity contribution in [1.29, 1.82) is 0 Å². The number of hydrogen-bond acceptors (Lipinski definition) is 3. The molecular formula is C58H36N2OS. The summed E-state index contributed by atoms with van der Waals surface area (Å²) in [6, 6.07) is 79.2. The first-order chi connectivity index (χ1) is 30.7. The standard InChI is InChI=1S/C58H36N2OS/c1-2-12-41(13-3-1)60-53-35-40(26-32-47(53)50-33-25-38-11-4-5-14-45(38)57(50)60)37-21-27-42(28-22-37)59(44-31-34-56-52(36-44)49-16-7-9-20-55(49)62-56)43-29-23-39(24-30-43)46-17-10-18-51-48-15-6-8-19-54(48)61-58(46)51/h1-36H. The third kappa shape index (κ3) is 5.44. The zero-order valence-corrected chi connectivity index (χ0v) is 34.3. The Labute approximate surface area is 361 Å². The number of para-hydroxylation sites is 3. The van der Waals surface area contributed by atoms with E-state index < -0.39 is 0 Å². The van der Waals surface area contributed by atoms with E-state index in [9.17, 15) is 0 Å². The van der Waals surface area contributed by atoms with Gasteiger partial charge in [0, 0.05) is 75.4 Å². The molecule has 13 rings (SSSR count). The number of anilines is 3. The van der Waals surface area contributed by atoms with Crippen LogP contribution in [0.3, 0.4) is 0 Å². The predicted molar refractivity (Wildman–Crippen MR) is 264 cm³/mol. The molecule has 0 fully saturated rings. The fourth-order valence-electron chi connectivity index (χ4n) is 9.67. The molecule has 3 nitrogen and oxygen atoms in total. The highest BCUT2D eigenvalue weighted by Gasteiger charge is 2.19. The zero-order valence-electron chi connectivity index (χ0n) is 33.5. The number of fused-ring (bicyclic) bond motifs is 11. The van der Waals surface area contributed by atoms with Gasteiger partial charge in [0.05, 0.1) is 11.0 Å². The van der Waals surface area contributed by atoms with Gasteiger partial charge in [-0.2, -0.15) is 0 Å². The topological polar surface area (TPSA) is 21.3 Å². The molecule has 3 heterocycles. The van der Waals surface area contributed by atoms with Gasteiger partial charge in [-0.25, -0.2) is 0 Å². The van der Waals surface area contributed by atoms with Crippen molar-refractivity contribution in [2.24, 2.45) is 0 Å². The van der Waals surface area contributed by atoms with E-state index in [2.05, 4.69) is 216 Å². The average molecular weight is 809 g/mol. The summed E-state index contributed by atoms with van der Waals surface area (Å²) in [6.07, 6.45) is 0. The molecule has 0 aliphatic carbocycles. The van der Waals surface area contributed by atoms with Gasteiger partial charge in [-0.15, -0.1) is 11.3 Å². The SMILES string of the molecule is c1ccc(-n2c3cc(-c4ccc(N(c5ccc(-c6cccc7c6oc6ccccc67)cc5)c5ccc6sc7ccccc7c6c5)cc4)ccc3c3ccc4ccccc4c32)cc1. The summed E-state index contributed by atoms with van der Waals surface area (Å²) >= 11 is 1.85. The Kier molecular flexibility index (Phi) is 7.78. The van der Waals surface area contributed by atoms with Crippen LogP contribution in [0.2, 0.25) is 0 Å². The van der Waals surface area contributed by atoms with E-state index in [1.165, 1.54) is 63.9 Å². The quantitative estimate of drug-likeness (QED) is 0.167. The molecular weight excluding hydrogens is 773 g/mol. The summed E-state index contributed by atoms with van der Waals surface area (Å²) in [5.74, 6) is 0. The maximum Gasteiger partial charge on any atom is 0.143 e. The molecule has 290 valence electrons. The Morgan fingerprint density at radius 3 is 1.87 bits per heavy atom. The first-order valence-electron chi connectivity index (χ1n) is 21.1. The minimum Gasteiger partial charge on any atom is -0.455 e. The van der Waals surface area contributed by atoms with Crippen LogP contribution >= 0.6 is 11.3 Å². The Balaban J connectivity index is 0.938. The second-order valence-corrected chi connectivity index (χ2v) is 17.2. The van der Waals surface area contributed by atoms with Crippen LogP contribution in [0.4, 0.5) is 17.1 Å². The van der Waals surface area contributed by atoms with Crippen LogP contribution in [0.5, 0.6) is 0 Å². The number of rotatable bonds is 6. The predicted octanol–water partition coefficient (Wildman–Crippen LogP) is 17.0. The van der Waals surface area contributed by atoms with Gasteiger partial charge in [0.25, 0.3) is 0 Å². The molecule has 4 heteroatoms. The van der Waals surface area contributed by atoms with E-state index >= 15 is 0 Å². The van der Waals surface area contributed by atoms with Gasteiger partial charge in [0.15, 0.2) is 0 Å². The third-order valence-corrected chi connectivity index (χ3v) is 13.7. The van der Waals surface area contributed by atoms with Crippen molar-refractivity contribution < 1.29 is 4.42 Å². The Morgan fingerprint density at radius 2 is 1.03 bits per heavy atom. The van der Waals surface area contributed by atoms with E-state index in [1.54, 1.807) is 0 Å². The lowest BCUT2D eigenvalue weighted by molar-refractivity contribution is 0.670. The van der Waals surface area contributed by atoms with Crippen LogP contribution in [0.15, 0.2) is 223 Å². The summed E-state index contributed by atoms with van der Waals surface area (Å²) in [4.78, 5) is 2.38. The second-order valence-electron chi connectivity index (χ2n) is 16.1. The summed E-state index contributed by atoms with van der Waals surface area (Å²) in [6.45, 7) is 0. The molecule has 62 heavy (non-hydrogen) atoms. The van der Waals surface area contributed by atoms with E-state index in [0.29, 0.717) is 0 Å². The first kappa shape index (κ1) is 34.9. The van der Waals surface area contributed by atoms with Crippen molar-refractivity contribution in [2.75, 3.05) is 4.90 Å². The van der Waals surface area contributed by atoms with Gasteiger partial charge in [-0.05, 0) is 94.9 Å². The van der Waals surface area contributed by atoms with E-state index in [4.69, 9.17) is 4.42 Å². The van der Waals surface area contributed by atoms with Crippen molar-refractivity contribution in [2.45, 2.75) is 0 Å². The van der Waals surface area contributed by atoms with Gasteiger partial charge in [0.2, 0.25) is 0 Å². The number of aromatic nitrogens is 1. The summed E-state index contributed by atoms with van der Waals surface area (Å²) in [5, 5.41) is 9.83. The smallest absolute Gasteiger partial charge is 0.143 e. The normalized spacial score (nSPS) is 11.9. The number of nitrogens with zero attached hydrogens (tertiary/aromatic N) is 2. The molecule has 13 aromatic rings. The van der Waals surface area contributed by atoms with Crippen LogP contribution < -0.4 is 4.90 Å². The Morgan fingerprint density at radius 1 is 0.387 bits per heavy atom. The van der Waals surface area contributed by atoms with Crippen LogP contribution in [0.1, 0.15) is 0 Å². The summed E-state index contributed by atoms with van der Waals surface area (Å²) in [5.41, 5.74) is 13.2. The van der Waals surface area contributed by atoms with E-state index in [-0.39, 0.29) is 0 Å². The van der Waals surface area contributed by atoms with Crippen LogP contribution in [0.25, 0.3) is 103 Å². The first-order valence-corrected chi connectivity index (χ1v) is 21.9. The molecule has 10 aromatic carbocycles. The van der Waals surface area contributed by atoms with Gasteiger partial charge >= 0.3 is 0 Å². The Bertz CT molecular complexity index is 3860. The third-order valence-electron chi connectivity index (χ3n) is 12.6. The minimum atomic E-state index is 0.907. The van der Waals surface area contributed by atoms with Crippen molar-refractivity contribution >= 4 is 103 Å². The van der Waals surface area contributed by atoms with Crippen LogP contribution in [0, 0.1) is 0 Å². The van der Waals surface area contributed by atoms with Crippen molar-refractivity contribution in [3.05, 3.63) is 218 Å². The molecule has 0 saturated heterocycles. The molecule has 0 N–H and O–H groups in total. The highest BCUT2D eigenvalue weighted by molar-refractivity contribution is 7.25. The molecule has 0 bridgehead atoms. The van der Waals surface area contributed by atoms with Gasteiger partial charge in [-0.1, -0.05) is 146 Å². The molecule has 0 aliphatic heterocycles. The van der Waals surface area contributed by atoms with Gasteiger partial charge in [-0.3, -0.25) is 0 Å². The second kappa shape index (κ2) is 13.8. The minimum absolute atomic E-state index is 0.907. The van der Waals surface area contributed by atoms with Crippen LogP contribution in [-0.2, 0) is 0 Å². The molecule has 0 atom stereocenters. The van der Waals surface area contributed by atoms with Gasteiger partial charge < -0.3 is 13.9 Å².